The number of rotatable bonds is 4. The summed E-state index contributed by atoms with van der Waals surface area (Å²) in [7, 11) is 0. The molecule has 2 fully saturated rings. The summed E-state index contributed by atoms with van der Waals surface area (Å²) in [5.41, 5.74) is 0. The molecule has 0 saturated heterocycles. The SMILES string of the molecule is O=C(C1CCCCCC1)N(CCBr)C1CCCCC1. The lowest BCUT2D eigenvalue weighted by Crippen LogP contribution is -2.45. The van der Waals surface area contributed by atoms with Crippen LogP contribution in [0.1, 0.15) is 70.6 Å². The van der Waals surface area contributed by atoms with Crippen LogP contribution in [-0.4, -0.2) is 28.7 Å². The summed E-state index contributed by atoms with van der Waals surface area (Å²) < 4.78 is 0. The molecule has 2 nitrogen and oxygen atoms in total. The van der Waals surface area contributed by atoms with Crippen molar-refractivity contribution in [2.75, 3.05) is 11.9 Å². The molecule has 0 aromatic heterocycles. The van der Waals surface area contributed by atoms with Gasteiger partial charge in [0.15, 0.2) is 0 Å². The molecule has 0 N–H and O–H groups in total. The van der Waals surface area contributed by atoms with Crippen LogP contribution in [0.4, 0.5) is 0 Å². The Morgan fingerprint density at radius 3 is 2.00 bits per heavy atom. The molecule has 0 atom stereocenters. The molecule has 0 radical (unpaired) electrons. The van der Waals surface area contributed by atoms with Gasteiger partial charge in [0.1, 0.15) is 0 Å². The van der Waals surface area contributed by atoms with E-state index in [9.17, 15) is 4.79 Å². The summed E-state index contributed by atoms with van der Waals surface area (Å²) in [6, 6.07) is 0.530. The molecule has 2 aliphatic carbocycles. The second-order valence-corrected chi connectivity index (χ2v) is 6.99. The van der Waals surface area contributed by atoms with Gasteiger partial charge in [-0.2, -0.15) is 0 Å². The minimum absolute atomic E-state index is 0.323. The van der Waals surface area contributed by atoms with E-state index in [1.807, 2.05) is 0 Å². The van der Waals surface area contributed by atoms with Gasteiger partial charge in [-0.05, 0) is 25.7 Å². The second kappa shape index (κ2) is 8.28. The third-order valence-corrected chi connectivity index (χ3v) is 5.18. The van der Waals surface area contributed by atoms with Crippen LogP contribution in [0.25, 0.3) is 0 Å². The number of carbonyl (C=O) groups excluding carboxylic acids is 1. The quantitative estimate of drug-likeness (QED) is 0.548. The highest BCUT2D eigenvalue weighted by atomic mass is 79.9. The van der Waals surface area contributed by atoms with E-state index in [1.165, 1.54) is 57.8 Å². The van der Waals surface area contributed by atoms with Crippen molar-refractivity contribution in [2.45, 2.75) is 76.7 Å². The predicted molar refractivity (Wildman–Crippen MR) is 83.6 cm³/mol. The maximum Gasteiger partial charge on any atom is 0.225 e. The second-order valence-electron chi connectivity index (χ2n) is 6.20. The highest BCUT2D eigenvalue weighted by Gasteiger charge is 2.30. The van der Waals surface area contributed by atoms with Crippen LogP contribution in [0.2, 0.25) is 0 Å². The van der Waals surface area contributed by atoms with Crippen LogP contribution >= 0.6 is 15.9 Å². The average Bonchev–Trinajstić information content (AvgIpc) is 2.74. The smallest absolute Gasteiger partial charge is 0.225 e. The molecule has 2 saturated carbocycles. The first kappa shape index (κ1) is 15.3. The predicted octanol–water partition coefficient (Wildman–Crippen LogP) is 4.51. The lowest BCUT2D eigenvalue weighted by Gasteiger charge is -2.36. The van der Waals surface area contributed by atoms with E-state index in [4.69, 9.17) is 0 Å². The summed E-state index contributed by atoms with van der Waals surface area (Å²) in [4.78, 5) is 15.1. The maximum absolute atomic E-state index is 12.8. The van der Waals surface area contributed by atoms with Crippen LogP contribution in [0, 0.1) is 5.92 Å². The largest absolute Gasteiger partial charge is 0.339 e. The monoisotopic (exact) mass is 329 g/mol. The number of amides is 1. The van der Waals surface area contributed by atoms with Crippen molar-refractivity contribution in [3.05, 3.63) is 0 Å². The van der Waals surface area contributed by atoms with Crippen molar-refractivity contribution in [2.24, 2.45) is 5.92 Å². The molecule has 2 rings (SSSR count). The Bertz CT molecular complexity index is 268. The van der Waals surface area contributed by atoms with Crippen molar-refractivity contribution in [1.29, 1.82) is 0 Å². The summed E-state index contributed by atoms with van der Waals surface area (Å²) in [5, 5.41) is 0.919. The molecule has 0 unspecified atom stereocenters. The molecule has 0 aliphatic heterocycles. The van der Waals surface area contributed by atoms with E-state index in [-0.39, 0.29) is 0 Å². The van der Waals surface area contributed by atoms with Crippen LogP contribution in [0.15, 0.2) is 0 Å². The van der Waals surface area contributed by atoms with E-state index < -0.39 is 0 Å². The highest BCUT2D eigenvalue weighted by molar-refractivity contribution is 9.09. The van der Waals surface area contributed by atoms with E-state index in [1.54, 1.807) is 0 Å². The fourth-order valence-corrected chi connectivity index (χ4v) is 4.10. The lowest BCUT2D eigenvalue weighted by atomic mass is 9.91. The van der Waals surface area contributed by atoms with Gasteiger partial charge in [0.25, 0.3) is 0 Å². The third kappa shape index (κ3) is 4.47. The molecule has 19 heavy (non-hydrogen) atoms. The van der Waals surface area contributed by atoms with Gasteiger partial charge in [0.2, 0.25) is 5.91 Å². The van der Waals surface area contributed by atoms with Crippen molar-refractivity contribution >= 4 is 21.8 Å². The molecule has 0 spiro atoms. The van der Waals surface area contributed by atoms with Crippen LogP contribution in [0.5, 0.6) is 0 Å². The zero-order valence-corrected chi connectivity index (χ0v) is 13.7. The molecule has 3 heteroatoms. The lowest BCUT2D eigenvalue weighted by molar-refractivity contribution is -0.138. The summed E-state index contributed by atoms with van der Waals surface area (Å²) in [6.45, 7) is 0.903. The van der Waals surface area contributed by atoms with Crippen LogP contribution < -0.4 is 0 Å². The van der Waals surface area contributed by atoms with Crippen molar-refractivity contribution in [1.82, 2.24) is 4.90 Å². The molecular formula is C16H28BrNO. The van der Waals surface area contributed by atoms with Gasteiger partial charge >= 0.3 is 0 Å². The molecule has 0 aromatic rings. The zero-order chi connectivity index (χ0) is 13.5. The molecule has 0 bridgehead atoms. The van der Waals surface area contributed by atoms with Crippen LogP contribution in [-0.2, 0) is 4.79 Å². The Labute approximate surface area is 126 Å². The Kier molecular flexibility index (Phi) is 6.69. The minimum Gasteiger partial charge on any atom is -0.339 e. The Morgan fingerprint density at radius 2 is 1.42 bits per heavy atom. The first-order valence-corrected chi connectivity index (χ1v) is 9.31. The molecule has 1 amide bonds. The molecular weight excluding hydrogens is 302 g/mol. The normalized spacial score (nSPS) is 23.0. The first-order valence-electron chi connectivity index (χ1n) is 8.19. The molecule has 2 aliphatic rings. The number of hydrogen-bond donors (Lipinski definition) is 0. The summed E-state index contributed by atoms with van der Waals surface area (Å²) in [5.74, 6) is 0.789. The number of nitrogens with zero attached hydrogens (tertiary/aromatic N) is 1. The van der Waals surface area contributed by atoms with Gasteiger partial charge in [0.05, 0.1) is 0 Å². The third-order valence-electron chi connectivity index (χ3n) is 4.83. The van der Waals surface area contributed by atoms with Gasteiger partial charge in [-0.3, -0.25) is 4.79 Å². The Morgan fingerprint density at radius 1 is 0.895 bits per heavy atom. The van der Waals surface area contributed by atoms with E-state index in [2.05, 4.69) is 20.8 Å². The number of halogens is 1. The number of alkyl halides is 1. The molecule has 0 aromatic carbocycles. The van der Waals surface area contributed by atoms with Gasteiger partial charge < -0.3 is 4.90 Å². The van der Waals surface area contributed by atoms with E-state index in [0.29, 0.717) is 17.9 Å². The van der Waals surface area contributed by atoms with E-state index in [0.717, 1.165) is 24.7 Å². The maximum atomic E-state index is 12.8. The summed E-state index contributed by atoms with van der Waals surface area (Å²) >= 11 is 3.53. The first-order chi connectivity index (χ1) is 9.33. The van der Waals surface area contributed by atoms with Crippen LogP contribution in [0.3, 0.4) is 0 Å². The van der Waals surface area contributed by atoms with Gasteiger partial charge in [-0.1, -0.05) is 60.9 Å². The fraction of sp³-hybridized carbons (Fsp3) is 0.938. The Hall–Kier alpha value is -0.0500. The zero-order valence-electron chi connectivity index (χ0n) is 12.1. The van der Waals surface area contributed by atoms with Gasteiger partial charge in [-0.15, -0.1) is 0 Å². The molecule has 0 heterocycles. The highest BCUT2D eigenvalue weighted by Crippen LogP contribution is 2.28. The minimum atomic E-state index is 0.323. The van der Waals surface area contributed by atoms with Crippen molar-refractivity contribution in [3.63, 3.8) is 0 Å². The topological polar surface area (TPSA) is 20.3 Å². The number of carbonyl (C=O) groups is 1. The van der Waals surface area contributed by atoms with Gasteiger partial charge in [-0.25, -0.2) is 0 Å². The average molecular weight is 330 g/mol. The number of hydrogen-bond acceptors (Lipinski definition) is 1. The van der Waals surface area contributed by atoms with Gasteiger partial charge in [0, 0.05) is 23.8 Å². The standard InChI is InChI=1S/C16H28BrNO/c17-12-13-18(15-10-6-3-7-11-15)16(19)14-8-4-1-2-5-9-14/h14-15H,1-13H2. The van der Waals surface area contributed by atoms with Crippen molar-refractivity contribution in [3.8, 4) is 0 Å². The Balaban J connectivity index is 1.97. The van der Waals surface area contributed by atoms with E-state index >= 15 is 0 Å². The summed E-state index contributed by atoms with van der Waals surface area (Å²) in [6.07, 6.45) is 13.8. The van der Waals surface area contributed by atoms with Crippen molar-refractivity contribution < 1.29 is 4.79 Å². The fourth-order valence-electron chi connectivity index (χ4n) is 3.72. The molecule has 110 valence electrons.